The number of rotatable bonds is 7. The predicted molar refractivity (Wildman–Crippen MR) is 113 cm³/mol. The third kappa shape index (κ3) is 4.65. The zero-order valence-corrected chi connectivity index (χ0v) is 19.0. The first-order valence-electron chi connectivity index (χ1n) is 9.60. The Morgan fingerprint density at radius 2 is 1.76 bits per heavy atom. The number of anilines is 1. The van der Waals surface area contributed by atoms with Crippen LogP contribution in [0.1, 0.15) is 31.7 Å². The molecule has 1 aromatic heterocycles. The fourth-order valence-electron chi connectivity index (χ4n) is 3.35. The van der Waals surface area contributed by atoms with Crippen molar-refractivity contribution in [3.63, 3.8) is 0 Å². The maximum absolute atomic E-state index is 13.3. The molecule has 1 aliphatic heterocycles. The molecule has 0 saturated carbocycles. The molecule has 3 rings (SSSR count). The Morgan fingerprint density at radius 1 is 1.14 bits per heavy atom. The van der Waals surface area contributed by atoms with E-state index in [1.54, 1.807) is 12.1 Å². The van der Waals surface area contributed by atoms with Crippen molar-refractivity contribution in [2.24, 2.45) is 5.92 Å². The topological polar surface area (TPSA) is 105 Å². The molecular formula is C19H26N2O5S3. The maximum atomic E-state index is 13.3. The minimum atomic E-state index is -3.95. The van der Waals surface area contributed by atoms with Gasteiger partial charge >= 0.3 is 0 Å². The van der Waals surface area contributed by atoms with Crippen molar-refractivity contribution >= 4 is 36.0 Å². The molecule has 7 nitrogen and oxygen atoms in total. The molecule has 10 heteroatoms. The van der Waals surface area contributed by atoms with Crippen molar-refractivity contribution in [2.75, 3.05) is 30.3 Å². The summed E-state index contributed by atoms with van der Waals surface area (Å²) in [5.41, 5.74) is 0.933. The van der Waals surface area contributed by atoms with E-state index < -0.39 is 19.7 Å². The van der Waals surface area contributed by atoms with Crippen LogP contribution in [0.5, 0.6) is 0 Å². The van der Waals surface area contributed by atoms with Gasteiger partial charge in [-0.2, -0.15) is 0 Å². The predicted octanol–water partition coefficient (Wildman–Crippen LogP) is 2.68. The van der Waals surface area contributed by atoms with Crippen LogP contribution in [0.2, 0.25) is 0 Å². The van der Waals surface area contributed by atoms with Crippen LogP contribution in [-0.2, 0) is 19.7 Å². The summed E-state index contributed by atoms with van der Waals surface area (Å²) in [4.78, 5) is 6.13. The number of hydrogen-bond donors (Lipinski definition) is 1. The van der Waals surface area contributed by atoms with Crippen molar-refractivity contribution in [1.29, 1.82) is 0 Å². The van der Waals surface area contributed by atoms with Crippen molar-refractivity contribution in [3.8, 4) is 0 Å². The molecule has 0 unspecified atom stereocenters. The number of aryl methyl sites for hydroxylation is 1. The van der Waals surface area contributed by atoms with E-state index in [4.69, 9.17) is 5.11 Å². The molecule has 29 heavy (non-hydrogen) atoms. The zero-order chi connectivity index (χ0) is 21.2. The van der Waals surface area contributed by atoms with E-state index >= 15 is 0 Å². The molecule has 0 aliphatic carbocycles. The molecule has 1 aliphatic rings. The average Bonchev–Trinajstić information content (AvgIpc) is 3.16. The van der Waals surface area contributed by atoms with E-state index in [1.807, 2.05) is 11.8 Å². The lowest BCUT2D eigenvalue weighted by atomic mass is 9.94. The van der Waals surface area contributed by atoms with E-state index in [0.717, 1.165) is 36.2 Å². The van der Waals surface area contributed by atoms with E-state index in [-0.39, 0.29) is 26.6 Å². The first kappa shape index (κ1) is 22.2. The Hall–Kier alpha value is -1.49. The molecular weight excluding hydrogens is 432 g/mol. The highest BCUT2D eigenvalue weighted by Gasteiger charge is 2.33. The Balaban J connectivity index is 2.05. The normalized spacial score (nSPS) is 16.3. The third-order valence-electron chi connectivity index (χ3n) is 5.23. The number of sulfone groups is 2. The molecule has 0 atom stereocenters. The molecule has 2 heterocycles. The lowest BCUT2D eigenvalue weighted by Gasteiger charge is -2.32. The number of thiazole rings is 1. The van der Waals surface area contributed by atoms with E-state index in [0.29, 0.717) is 24.0 Å². The van der Waals surface area contributed by atoms with Crippen molar-refractivity contribution < 1.29 is 21.9 Å². The van der Waals surface area contributed by atoms with Crippen LogP contribution in [0.25, 0.3) is 0 Å². The summed E-state index contributed by atoms with van der Waals surface area (Å²) in [6.07, 6.45) is 2.36. The summed E-state index contributed by atoms with van der Waals surface area (Å²) in [6, 6.07) is 6.47. The highest BCUT2D eigenvalue weighted by molar-refractivity contribution is 7.94. The second-order valence-corrected chi connectivity index (χ2v) is 12.5. The third-order valence-corrected chi connectivity index (χ3v) is 10.4. The van der Waals surface area contributed by atoms with E-state index in [2.05, 4.69) is 4.98 Å². The summed E-state index contributed by atoms with van der Waals surface area (Å²) in [5.74, 6) is 0.253. The van der Waals surface area contributed by atoms with Gasteiger partial charge in [-0.1, -0.05) is 36.0 Å². The number of hydrogen-bond acceptors (Lipinski definition) is 8. The van der Waals surface area contributed by atoms with Gasteiger partial charge in [0.25, 0.3) is 0 Å². The molecule has 160 valence electrons. The van der Waals surface area contributed by atoms with E-state index in [9.17, 15) is 16.8 Å². The number of benzene rings is 1. The quantitative estimate of drug-likeness (QED) is 0.680. The molecule has 1 fully saturated rings. The summed E-state index contributed by atoms with van der Waals surface area (Å²) in [5, 5.41) is 9.36. The standard InChI is InChI=1S/C19H26N2O5S3/c1-3-28(23,24)19-20-17(29(25,26)16-6-4-14(2)5-7-16)18(27-19)21-11-8-15(9-12-21)10-13-22/h4-7,15,22H,3,8-13H2,1-2H3. The summed E-state index contributed by atoms with van der Waals surface area (Å²) >= 11 is 0.935. The first-order chi connectivity index (χ1) is 13.7. The number of nitrogens with zero attached hydrogens (tertiary/aromatic N) is 2. The van der Waals surface area contributed by atoms with Gasteiger partial charge in [0, 0.05) is 19.7 Å². The van der Waals surface area contributed by atoms with Gasteiger partial charge in [0.05, 0.1) is 10.6 Å². The Labute approximate surface area is 176 Å². The van der Waals surface area contributed by atoms with Crippen LogP contribution in [0.3, 0.4) is 0 Å². The van der Waals surface area contributed by atoms with Gasteiger partial charge in [0.2, 0.25) is 24.0 Å². The van der Waals surface area contributed by atoms with Gasteiger partial charge in [0.15, 0.2) is 5.03 Å². The van der Waals surface area contributed by atoms with Crippen molar-refractivity contribution in [3.05, 3.63) is 29.8 Å². The Morgan fingerprint density at radius 3 is 2.31 bits per heavy atom. The van der Waals surface area contributed by atoms with Gasteiger partial charge in [-0.25, -0.2) is 21.8 Å². The Kier molecular flexibility index (Phi) is 6.67. The van der Waals surface area contributed by atoms with Crippen LogP contribution in [-0.4, -0.2) is 52.4 Å². The molecule has 0 spiro atoms. The number of aliphatic hydroxyl groups is 1. The van der Waals surface area contributed by atoms with Gasteiger partial charge in [-0.05, 0) is 44.2 Å². The monoisotopic (exact) mass is 458 g/mol. The summed E-state index contributed by atoms with van der Waals surface area (Å²) in [6.45, 7) is 4.74. The zero-order valence-electron chi connectivity index (χ0n) is 16.5. The molecule has 1 aromatic carbocycles. The summed E-state index contributed by atoms with van der Waals surface area (Å²) < 4.78 is 51.2. The molecule has 1 N–H and O–H groups in total. The van der Waals surface area contributed by atoms with Gasteiger partial charge < -0.3 is 10.0 Å². The lowest BCUT2D eigenvalue weighted by Crippen LogP contribution is -2.34. The average molecular weight is 459 g/mol. The largest absolute Gasteiger partial charge is 0.396 e. The van der Waals surface area contributed by atoms with Crippen LogP contribution < -0.4 is 4.90 Å². The molecule has 1 saturated heterocycles. The van der Waals surface area contributed by atoms with Crippen LogP contribution in [0.15, 0.2) is 38.5 Å². The first-order valence-corrected chi connectivity index (χ1v) is 13.6. The van der Waals surface area contributed by atoms with Gasteiger partial charge in [-0.15, -0.1) is 0 Å². The fourth-order valence-corrected chi connectivity index (χ4v) is 7.53. The Bertz CT molecular complexity index is 1050. The lowest BCUT2D eigenvalue weighted by molar-refractivity contribution is 0.240. The van der Waals surface area contributed by atoms with Gasteiger partial charge in [-0.3, -0.25) is 0 Å². The second-order valence-electron chi connectivity index (χ2n) is 7.25. The van der Waals surface area contributed by atoms with Crippen molar-refractivity contribution in [2.45, 2.75) is 47.4 Å². The minimum absolute atomic E-state index is 0.102. The van der Waals surface area contributed by atoms with Gasteiger partial charge in [0.1, 0.15) is 5.00 Å². The second kappa shape index (κ2) is 8.71. The fraction of sp³-hybridized carbons (Fsp3) is 0.526. The molecule has 0 radical (unpaired) electrons. The minimum Gasteiger partial charge on any atom is -0.396 e. The molecule has 2 aromatic rings. The van der Waals surface area contributed by atoms with Crippen LogP contribution >= 0.6 is 11.3 Å². The number of aliphatic hydroxyl groups excluding tert-OH is 1. The number of aromatic nitrogens is 1. The smallest absolute Gasteiger partial charge is 0.226 e. The molecule has 0 amide bonds. The SMILES string of the molecule is CCS(=O)(=O)c1nc(S(=O)(=O)c2ccc(C)cc2)c(N2CCC(CCO)CC2)s1. The number of piperidine rings is 1. The highest BCUT2D eigenvalue weighted by Crippen LogP contribution is 2.39. The van der Waals surface area contributed by atoms with Crippen LogP contribution in [0, 0.1) is 12.8 Å². The van der Waals surface area contributed by atoms with E-state index in [1.165, 1.54) is 19.1 Å². The highest BCUT2D eigenvalue weighted by atomic mass is 32.2. The van der Waals surface area contributed by atoms with Crippen molar-refractivity contribution in [1.82, 2.24) is 4.98 Å². The molecule has 0 bridgehead atoms. The van der Waals surface area contributed by atoms with Crippen LogP contribution in [0.4, 0.5) is 5.00 Å². The summed E-state index contributed by atoms with van der Waals surface area (Å²) in [7, 11) is -7.58. The maximum Gasteiger partial charge on any atom is 0.226 e.